The van der Waals surface area contributed by atoms with Crippen LogP contribution in [0.1, 0.15) is 13.3 Å². The Balaban J connectivity index is 3.43. The largest absolute Gasteiger partial charge is 0.361 e. The standard InChI is InChI=1S/C8H15NO2/c1-4-6-11-7-9(3)8(10)5-2/h5H,2,4,6-7H2,1,3H3. The molecule has 0 aromatic heterocycles. The van der Waals surface area contributed by atoms with Crippen LogP contribution in [0.3, 0.4) is 0 Å². The first-order chi connectivity index (χ1) is 5.22. The average molecular weight is 157 g/mol. The highest BCUT2D eigenvalue weighted by Gasteiger charge is 2.01. The van der Waals surface area contributed by atoms with Crippen molar-refractivity contribution >= 4 is 5.91 Å². The van der Waals surface area contributed by atoms with E-state index in [-0.39, 0.29) is 5.91 Å². The number of likely N-dealkylation sites (N-methyl/N-ethyl adjacent to an activating group) is 1. The molecular weight excluding hydrogens is 142 g/mol. The zero-order valence-corrected chi connectivity index (χ0v) is 7.17. The van der Waals surface area contributed by atoms with E-state index in [1.807, 2.05) is 6.92 Å². The molecule has 0 aromatic carbocycles. The van der Waals surface area contributed by atoms with Gasteiger partial charge in [-0.25, -0.2) is 0 Å². The van der Waals surface area contributed by atoms with Gasteiger partial charge in [-0.3, -0.25) is 4.79 Å². The van der Waals surface area contributed by atoms with E-state index in [4.69, 9.17) is 4.74 Å². The van der Waals surface area contributed by atoms with Crippen LogP contribution in [-0.2, 0) is 9.53 Å². The molecule has 0 saturated carbocycles. The van der Waals surface area contributed by atoms with Crippen LogP contribution in [0.25, 0.3) is 0 Å². The molecule has 0 aliphatic heterocycles. The molecule has 0 fully saturated rings. The van der Waals surface area contributed by atoms with Gasteiger partial charge in [-0.15, -0.1) is 0 Å². The second kappa shape index (κ2) is 5.92. The second-order valence-electron chi connectivity index (χ2n) is 2.28. The van der Waals surface area contributed by atoms with Crippen LogP contribution in [0.15, 0.2) is 12.7 Å². The van der Waals surface area contributed by atoms with Gasteiger partial charge in [-0.05, 0) is 12.5 Å². The van der Waals surface area contributed by atoms with Gasteiger partial charge in [0.1, 0.15) is 6.73 Å². The Bertz CT molecular complexity index is 134. The summed E-state index contributed by atoms with van der Waals surface area (Å²) >= 11 is 0. The molecule has 0 unspecified atom stereocenters. The average Bonchev–Trinajstić information content (AvgIpc) is 2.03. The molecule has 0 spiro atoms. The van der Waals surface area contributed by atoms with Gasteiger partial charge in [0.05, 0.1) is 0 Å². The Labute approximate surface area is 67.6 Å². The monoisotopic (exact) mass is 157 g/mol. The SMILES string of the molecule is C=CC(=O)N(C)COCCC. The van der Waals surface area contributed by atoms with Gasteiger partial charge in [0.2, 0.25) is 5.91 Å². The first kappa shape index (κ1) is 10.2. The fraction of sp³-hybridized carbons (Fsp3) is 0.625. The Morgan fingerprint density at radius 3 is 2.82 bits per heavy atom. The minimum atomic E-state index is -0.110. The van der Waals surface area contributed by atoms with Gasteiger partial charge < -0.3 is 9.64 Å². The molecule has 0 radical (unpaired) electrons. The molecule has 0 aliphatic carbocycles. The highest BCUT2D eigenvalue weighted by molar-refractivity contribution is 5.86. The maximum Gasteiger partial charge on any atom is 0.247 e. The summed E-state index contributed by atoms with van der Waals surface area (Å²) in [4.78, 5) is 12.3. The quantitative estimate of drug-likeness (QED) is 0.339. The highest BCUT2D eigenvalue weighted by atomic mass is 16.5. The van der Waals surface area contributed by atoms with E-state index in [1.165, 1.54) is 11.0 Å². The number of rotatable bonds is 5. The molecule has 3 nitrogen and oxygen atoms in total. The smallest absolute Gasteiger partial charge is 0.247 e. The lowest BCUT2D eigenvalue weighted by Crippen LogP contribution is -2.27. The summed E-state index contributed by atoms with van der Waals surface area (Å²) < 4.78 is 5.12. The van der Waals surface area contributed by atoms with Crippen molar-refractivity contribution in [2.75, 3.05) is 20.4 Å². The van der Waals surface area contributed by atoms with Crippen LogP contribution in [-0.4, -0.2) is 31.2 Å². The van der Waals surface area contributed by atoms with Gasteiger partial charge in [0, 0.05) is 13.7 Å². The predicted octanol–water partition coefficient (Wildman–Crippen LogP) is 1.01. The zero-order chi connectivity index (χ0) is 8.69. The molecule has 1 amide bonds. The fourth-order valence-corrected chi connectivity index (χ4v) is 0.565. The Kier molecular flexibility index (Phi) is 5.47. The summed E-state index contributed by atoms with van der Waals surface area (Å²) in [5.41, 5.74) is 0. The summed E-state index contributed by atoms with van der Waals surface area (Å²) in [5, 5.41) is 0. The van der Waals surface area contributed by atoms with Gasteiger partial charge in [-0.2, -0.15) is 0 Å². The number of amides is 1. The molecule has 0 aliphatic rings. The molecule has 0 atom stereocenters. The summed E-state index contributed by atoms with van der Waals surface area (Å²) in [6.07, 6.45) is 2.24. The molecule has 0 saturated heterocycles. The van der Waals surface area contributed by atoms with E-state index in [0.29, 0.717) is 13.3 Å². The molecule has 3 heteroatoms. The van der Waals surface area contributed by atoms with Gasteiger partial charge in [0.25, 0.3) is 0 Å². The van der Waals surface area contributed by atoms with Gasteiger partial charge in [-0.1, -0.05) is 13.5 Å². The van der Waals surface area contributed by atoms with E-state index in [2.05, 4.69) is 6.58 Å². The lowest BCUT2D eigenvalue weighted by Gasteiger charge is -2.14. The fourth-order valence-electron chi connectivity index (χ4n) is 0.565. The minimum absolute atomic E-state index is 0.110. The number of nitrogens with zero attached hydrogens (tertiary/aromatic N) is 1. The number of carbonyl (C=O) groups is 1. The Morgan fingerprint density at radius 1 is 1.73 bits per heavy atom. The number of ether oxygens (including phenoxy) is 1. The van der Waals surface area contributed by atoms with E-state index in [1.54, 1.807) is 7.05 Å². The highest BCUT2D eigenvalue weighted by Crippen LogP contribution is 1.87. The molecule has 0 N–H and O–H groups in total. The zero-order valence-electron chi connectivity index (χ0n) is 7.17. The normalized spacial score (nSPS) is 9.27. The summed E-state index contributed by atoms with van der Waals surface area (Å²) in [7, 11) is 1.68. The number of hydrogen-bond acceptors (Lipinski definition) is 2. The van der Waals surface area contributed by atoms with Crippen molar-refractivity contribution in [2.24, 2.45) is 0 Å². The van der Waals surface area contributed by atoms with Crippen LogP contribution in [0.5, 0.6) is 0 Å². The third-order valence-electron chi connectivity index (χ3n) is 1.18. The van der Waals surface area contributed by atoms with Crippen molar-refractivity contribution in [3.63, 3.8) is 0 Å². The minimum Gasteiger partial charge on any atom is -0.361 e. The molecule has 0 heterocycles. The van der Waals surface area contributed by atoms with Crippen molar-refractivity contribution < 1.29 is 9.53 Å². The summed E-state index contributed by atoms with van der Waals surface area (Å²) in [6, 6.07) is 0. The lowest BCUT2D eigenvalue weighted by atomic mass is 10.5. The topological polar surface area (TPSA) is 29.5 Å². The summed E-state index contributed by atoms with van der Waals surface area (Å²) in [6.45, 7) is 6.42. The molecule has 11 heavy (non-hydrogen) atoms. The van der Waals surface area contributed by atoms with E-state index >= 15 is 0 Å². The van der Waals surface area contributed by atoms with Crippen molar-refractivity contribution in [1.29, 1.82) is 0 Å². The first-order valence-corrected chi connectivity index (χ1v) is 3.67. The maximum absolute atomic E-state index is 10.8. The number of hydrogen-bond donors (Lipinski definition) is 0. The second-order valence-corrected chi connectivity index (χ2v) is 2.28. The third kappa shape index (κ3) is 4.56. The summed E-state index contributed by atoms with van der Waals surface area (Å²) in [5.74, 6) is -0.110. The van der Waals surface area contributed by atoms with Crippen LogP contribution in [0, 0.1) is 0 Å². The molecule has 0 rings (SSSR count). The number of carbonyl (C=O) groups excluding carboxylic acids is 1. The van der Waals surface area contributed by atoms with Crippen molar-refractivity contribution in [3.05, 3.63) is 12.7 Å². The van der Waals surface area contributed by atoms with Crippen molar-refractivity contribution in [2.45, 2.75) is 13.3 Å². The van der Waals surface area contributed by atoms with Crippen molar-refractivity contribution in [1.82, 2.24) is 4.90 Å². The van der Waals surface area contributed by atoms with Crippen LogP contribution >= 0.6 is 0 Å². The van der Waals surface area contributed by atoms with Crippen LogP contribution in [0.2, 0.25) is 0 Å². The van der Waals surface area contributed by atoms with Gasteiger partial charge >= 0.3 is 0 Å². The molecule has 0 bridgehead atoms. The molecule has 64 valence electrons. The molecular formula is C8H15NO2. The maximum atomic E-state index is 10.8. The van der Waals surface area contributed by atoms with Crippen LogP contribution < -0.4 is 0 Å². The molecule has 0 aromatic rings. The van der Waals surface area contributed by atoms with Crippen LogP contribution in [0.4, 0.5) is 0 Å². The van der Waals surface area contributed by atoms with Gasteiger partial charge in [0.15, 0.2) is 0 Å². The Hall–Kier alpha value is -0.830. The van der Waals surface area contributed by atoms with E-state index in [0.717, 1.165) is 6.42 Å². The van der Waals surface area contributed by atoms with E-state index in [9.17, 15) is 4.79 Å². The lowest BCUT2D eigenvalue weighted by molar-refractivity contribution is -0.129. The van der Waals surface area contributed by atoms with E-state index < -0.39 is 0 Å². The first-order valence-electron chi connectivity index (χ1n) is 3.67. The third-order valence-corrected chi connectivity index (χ3v) is 1.18. The Morgan fingerprint density at radius 2 is 2.36 bits per heavy atom. The van der Waals surface area contributed by atoms with Crippen molar-refractivity contribution in [3.8, 4) is 0 Å². The predicted molar refractivity (Wildman–Crippen MR) is 44.1 cm³/mol.